The molecule has 1 N–H and O–H groups in total. The smallest absolute Gasteiger partial charge is 0.310 e. The number of anilines is 1. The molecule has 0 saturated heterocycles. The number of rotatable bonds is 9. The van der Waals surface area contributed by atoms with E-state index in [2.05, 4.69) is 5.32 Å². The average molecular weight is 412 g/mol. The van der Waals surface area contributed by atoms with Crippen molar-refractivity contribution in [1.82, 2.24) is 0 Å². The van der Waals surface area contributed by atoms with Crippen LogP contribution in [0.4, 0.5) is 5.69 Å². The van der Waals surface area contributed by atoms with Gasteiger partial charge in [0.1, 0.15) is 5.75 Å². The first kappa shape index (κ1) is 22.0. The molecule has 0 aliphatic heterocycles. The van der Waals surface area contributed by atoms with Gasteiger partial charge in [-0.3, -0.25) is 14.4 Å². The molecule has 0 bridgehead atoms. The van der Waals surface area contributed by atoms with E-state index in [1.54, 1.807) is 42.5 Å². The van der Waals surface area contributed by atoms with Gasteiger partial charge >= 0.3 is 5.97 Å². The zero-order valence-electron chi connectivity index (χ0n) is 16.1. The maximum absolute atomic E-state index is 12.1. The molecule has 7 nitrogen and oxygen atoms in total. The number of carbonyl (C=O) groups is 3. The number of nitriles is 1. The fourth-order valence-electron chi connectivity index (χ4n) is 2.48. The Labute approximate surface area is 173 Å². The first-order chi connectivity index (χ1) is 13.9. The molecule has 2 aromatic rings. The second-order valence-corrected chi connectivity index (χ2v) is 6.93. The number of Topliss-reactive ketones (excluding diaryl/α,β-unsaturated/α-hetero) is 1. The molecule has 1 amide bonds. The number of ketones is 1. The summed E-state index contributed by atoms with van der Waals surface area (Å²) in [6.07, 6.45) is -0.133. The molecule has 0 fully saturated rings. The van der Waals surface area contributed by atoms with Gasteiger partial charge in [0.25, 0.3) is 5.91 Å². The van der Waals surface area contributed by atoms with Crippen molar-refractivity contribution in [2.45, 2.75) is 18.2 Å². The first-order valence-electron chi connectivity index (χ1n) is 8.66. The second kappa shape index (κ2) is 10.9. The third kappa shape index (κ3) is 6.66. The Morgan fingerprint density at radius 1 is 1.17 bits per heavy atom. The van der Waals surface area contributed by atoms with Crippen LogP contribution in [0, 0.1) is 11.3 Å². The van der Waals surface area contributed by atoms with E-state index in [0.29, 0.717) is 22.6 Å². The number of benzene rings is 2. The number of amides is 1. The zero-order chi connectivity index (χ0) is 21.2. The van der Waals surface area contributed by atoms with Gasteiger partial charge in [-0.2, -0.15) is 5.26 Å². The van der Waals surface area contributed by atoms with E-state index < -0.39 is 18.5 Å². The number of thioether (sulfide) groups is 1. The number of nitrogens with one attached hydrogen (secondary N) is 1. The first-order valence-corrected chi connectivity index (χ1v) is 9.65. The Balaban J connectivity index is 1.95. The highest BCUT2D eigenvalue weighted by atomic mass is 32.2. The molecule has 2 aromatic carbocycles. The molecule has 0 aliphatic carbocycles. The minimum absolute atomic E-state index is 0.130. The monoisotopic (exact) mass is 412 g/mol. The highest BCUT2D eigenvalue weighted by Crippen LogP contribution is 2.26. The van der Waals surface area contributed by atoms with Crippen LogP contribution in [0.3, 0.4) is 0 Å². The minimum Gasteiger partial charge on any atom is -0.496 e. The molecular formula is C21H20N2O5S. The molecule has 29 heavy (non-hydrogen) atoms. The van der Waals surface area contributed by atoms with Gasteiger partial charge < -0.3 is 14.8 Å². The summed E-state index contributed by atoms with van der Waals surface area (Å²) in [6.45, 7) is 0.978. The summed E-state index contributed by atoms with van der Waals surface area (Å²) < 4.78 is 10.3. The number of para-hydroxylation sites is 1. The Morgan fingerprint density at radius 2 is 1.93 bits per heavy atom. The molecule has 0 heterocycles. The maximum Gasteiger partial charge on any atom is 0.310 e. The van der Waals surface area contributed by atoms with Gasteiger partial charge in [0.15, 0.2) is 12.4 Å². The van der Waals surface area contributed by atoms with E-state index in [9.17, 15) is 14.4 Å². The number of carbonyl (C=O) groups excluding carboxylic acids is 3. The Kier molecular flexibility index (Phi) is 8.25. The highest BCUT2D eigenvalue weighted by Gasteiger charge is 2.14. The summed E-state index contributed by atoms with van der Waals surface area (Å²) in [7, 11) is 1.47. The van der Waals surface area contributed by atoms with Crippen molar-refractivity contribution < 1.29 is 23.9 Å². The normalized spacial score (nSPS) is 9.97. The summed E-state index contributed by atoms with van der Waals surface area (Å²) in [6, 6.07) is 13.9. The SMILES string of the molecule is COc1ccc(C(C)=O)cc1CC(=O)OCC(=O)Nc1ccccc1SCC#N. The van der Waals surface area contributed by atoms with Gasteiger partial charge in [-0.1, -0.05) is 12.1 Å². The highest BCUT2D eigenvalue weighted by molar-refractivity contribution is 7.99. The molecule has 0 spiro atoms. The van der Waals surface area contributed by atoms with Crippen LogP contribution in [-0.2, 0) is 20.7 Å². The zero-order valence-corrected chi connectivity index (χ0v) is 16.9. The Bertz CT molecular complexity index is 952. The number of hydrogen-bond donors (Lipinski definition) is 1. The minimum atomic E-state index is -0.619. The lowest BCUT2D eigenvalue weighted by Gasteiger charge is -2.11. The lowest BCUT2D eigenvalue weighted by Crippen LogP contribution is -2.22. The lowest BCUT2D eigenvalue weighted by atomic mass is 10.0. The number of nitrogens with zero attached hydrogens (tertiary/aromatic N) is 1. The largest absolute Gasteiger partial charge is 0.496 e. The van der Waals surface area contributed by atoms with Crippen LogP contribution in [0.1, 0.15) is 22.8 Å². The fraction of sp³-hybridized carbons (Fsp3) is 0.238. The van der Waals surface area contributed by atoms with Gasteiger partial charge in [0.05, 0.1) is 31.0 Å². The molecule has 2 rings (SSSR count). The van der Waals surface area contributed by atoms with Crippen LogP contribution in [-0.4, -0.2) is 37.1 Å². The molecule has 0 aromatic heterocycles. The lowest BCUT2D eigenvalue weighted by molar-refractivity contribution is -0.146. The van der Waals surface area contributed by atoms with Crippen LogP contribution in [0.15, 0.2) is 47.4 Å². The molecule has 0 radical (unpaired) electrons. The summed E-state index contributed by atoms with van der Waals surface area (Å²) in [5.41, 5.74) is 1.51. The van der Waals surface area contributed by atoms with Crippen LogP contribution < -0.4 is 10.1 Å². The predicted octanol–water partition coefficient (Wildman–Crippen LogP) is 3.24. The van der Waals surface area contributed by atoms with Crippen molar-refractivity contribution in [2.24, 2.45) is 0 Å². The van der Waals surface area contributed by atoms with E-state index in [1.165, 1.54) is 25.8 Å². The van der Waals surface area contributed by atoms with E-state index in [0.717, 1.165) is 4.90 Å². The molecule has 0 atom stereocenters. The third-order valence-corrected chi connectivity index (χ3v) is 4.78. The second-order valence-electron chi connectivity index (χ2n) is 5.91. The standard InChI is InChI=1S/C21H20N2O5S/c1-14(24)15-7-8-18(27-2)16(11-15)12-21(26)28-13-20(25)23-17-5-3-4-6-19(17)29-10-9-22/h3-8,11H,10,12-13H2,1-2H3,(H,23,25). The predicted molar refractivity (Wildman–Crippen MR) is 109 cm³/mol. The van der Waals surface area contributed by atoms with Crippen LogP contribution >= 0.6 is 11.8 Å². The number of esters is 1. The van der Waals surface area contributed by atoms with Crippen molar-refractivity contribution in [3.63, 3.8) is 0 Å². The van der Waals surface area contributed by atoms with Crippen molar-refractivity contribution in [3.8, 4) is 11.8 Å². The summed E-state index contributed by atoms with van der Waals surface area (Å²) in [5, 5.41) is 11.4. The van der Waals surface area contributed by atoms with Gasteiger partial charge in [0, 0.05) is 16.0 Å². The Morgan fingerprint density at radius 3 is 2.62 bits per heavy atom. The van der Waals surface area contributed by atoms with Crippen molar-refractivity contribution in [1.29, 1.82) is 5.26 Å². The van der Waals surface area contributed by atoms with Crippen LogP contribution in [0.2, 0.25) is 0 Å². The molecule has 0 unspecified atom stereocenters. The summed E-state index contributed by atoms with van der Waals surface area (Å²) >= 11 is 1.30. The molecule has 8 heteroatoms. The quantitative estimate of drug-likeness (QED) is 0.383. The number of ether oxygens (including phenoxy) is 2. The molecule has 0 aliphatic rings. The van der Waals surface area contributed by atoms with E-state index in [-0.39, 0.29) is 18.0 Å². The molecular weight excluding hydrogens is 392 g/mol. The summed E-state index contributed by atoms with van der Waals surface area (Å²) in [5.74, 6) is -0.531. The van der Waals surface area contributed by atoms with Gasteiger partial charge in [0.2, 0.25) is 0 Å². The Hall–Kier alpha value is -3.31. The van der Waals surface area contributed by atoms with Crippen LogP contribution in [0.5, 0.6) is 5.75 Å². The summed E-state index contributed by atoms with van der Waals surface area (Å²) in [4.78, 5) is 36.6. The van der Waals surface area contributed by atoms with Gasteiger partial charge in [-0.05, 0) is 37.3 Å². The number of methoxy groups -OCH3 is 1. The van der Waals surface area contributed by atoms with Crippen molar-refractivity contribution >= 4 is 35.1 Å². The van der Waals surface area contributed by atoms with E-state index in [4.69, 9.17) is 14.7 Å². The third-order valence-electron chi connectivity index (χ3n) is 3.84. The van der Waals surface area contributed by atoms with Crippen molar-refractivity contribution in [2.75, 3.05) is 24.8 Å². The van der Waals surface area contributed by atoms with Gasteiger partial charge in [-0.15, -0.1) is 11.8 Å². The van der Waals surface area contributed by atoms with Crippen LogP contribution in [0.25, 0.3) is 0 Å². The maximum atomic E-state index is 12.1. The number of hydrogen-bond acceptors (Lipinski definition) is 7. The van der Waals surface area contributed by atoms with Crippen molar-refractivity contribution in [3.05, 3.63) is 53.6 Å². The molecule has 150 valence electrons. The topological polar surface area (TPSA) is 105 Å². The molecule has 0 saturated carbocycles. The fourth-order valence-corrected chi connectivity index (χ4v) is 3.15. The van der Waals surface area contributed by atoms with E-state index in [1.807, 2.05) is 6.07 Å². The van der Waals surface area contributed by atoms with E-state index >= 15 is 0 Å². The van der Waals surface area contributed by atoms with Gasteiger partial charge in [-0.25, -0.2) is 0 Å². The average Bonchev–Trinajstić information content (AvgIpc) is 2.71.